The summed E-state index contributed by atoms with van der Waals surface area (Å²) in [5, 5.41) is 3.07. The topological polar surface area (TPSA) is 58.1 Å². The third-order valence-corrected chi connectivity index (χ3v) is 7.03. The van der Waals surface area contributed by atoms with Crippen LogP contribution in [0.3, 0.4) is 0 Å². The van der Waals surface area contributed by atoms with Crippen LogP contribution in [0.15, 0.2) is 23.6 Å². The molecule has 0 N–H and O–H groups in total. The van der Waals surface area contributed by atoms with Gasteiger partial charge in [0.1, 0.15) is 5.01 Å². The molecule has 0 unspecified atom stereocenters. The largest absolute Gasteiger partial charge is 0.493 e. The molecule has 2 aromatic rings. The van der Waals surface area contributed by atoms with Gasteiger partial charge in [-0.25, -0.2) is 4.98 Å². The molecule has 0 atom stereocenters. The minimum absolute atomic E-state index is 0.296. The van der Waals surface area contributed by atoms with Gasteiger partial charge >= 0.3 is 0 Å². The van der Waals surface area contributed by atoms with Gasteiger partial charge in [-0.15, -0.1) is 11.3 Å². The van der Waals surface area contributed by atoms with Crippen LogP contribution in [-0.2, 0) is 11.3 Å². The number of piperazine rings is 1. The molecule has 0 bridgehead atoms. The van der Waals surface area contributed by atoms with Crippen LogP contribution >= 0.6 is 11.3 Å². The van der Waals surface area contributed by atoms with E-state index in [1.165, 1.54) is 6.42 Å². The van der Waals surface area contributed by atoms with Crippen LogP contribution in [0.2, 0.25) is 0 Å². The molecule has 168 valence electrons. The maximum Gasteiger partial charge on any atom is 0.236 e. The number of likely N-dealkylation sites (tertiary alicyclic amines) is 1. The maximum absolute atomic E-state index is 12.5. The van der Waals surface area contributed by atoms with E-state index < -0.39 is 0 Å². The molecule has 3 heterocycles. The van der Waals surface area contributed by atoms with E-state index in [9.17, 15) is 4.79 Å². The molecule has 1 aromatic heterocycles. The number of ether oxygens (including phenoxy) is 2. The summed E-state index contributed by atoms with van der Waals surface area (Å²) >= 11 is 1.63. The molecule has 0 spiro atoms. The zero-order valence-electron chi connectivity index (χ0n) is 18.5. The van der Waals surface area contributed by atoms with Crippen LogP contribution in [0.4, 0.5) is 0 Å². The van der Waals surface area contributed by atoms with E-state index in [-0.39, 0.29) is 0 Å². The fourth-order valence-electron chi connectivity index (χ4n) is 4.33. The molecule has 2 aliphatic heterocycles. The summed E-state index contributed by atoms with van der Waals surface area (Å²) in [6.07, 6.45) is 3.55. The molecule has 0 saturated carbocycles. The van der Waals surface area contributed by atoms with Crippen LogP contribution in [-0.4, -0.2) is 85.6 Å². The standard InChI is InChI=1S/C23H32N4O3S/c1-29-20-8-6-7-19(22(20)30-2)23-24-18(17-31-23)15-25-11-13-26(14-12-25)16-21(28)27-9-4-3-5-10-27/h6-8,17H,3-5,9-16H2,1-2H3. The van der Waals surface area contributed by atoms with Gasteiger partial charge in [-0.1, -0.05) is 6.07 Å². The predicted molar refractivity (Wildman–Crippen MR) is 123 cm³/mol. The van der Waals surface area contributed by atoms with Crippen molar-refractivity contribution in [1.29, 1.82) is 0 Å². The Labute approximate surface area is 188 Å². The van der Waals surface area contributed by atoms with Crippen LogP contribution in [0.1, 0.15) is 25.0 Å². The minimum Gasteiger partial charge on any atom is -0.493 e. The molecule has 0 aliphatic carbocycles. The van der Waals surface area contributed by atoms with Crippen molar-refractivity contribution in [3.63, 3.8) is 0 Å². The normalized spacial score (nSPS) is 18.2. The SMILES string of the molecule is COc1cccc(-c2nc(CN3CCN(CC(=O)N4CCCCC4)CC3)cs2)c1OC. The number of aromatic nitrogens is 1. The monoisotopic (exact) mass is 444 g/mol. The van der Waals surface area contributed by atoms with Crippen LogP contribution in [0, 0.1) is 0 Å². The second-order valence-electron chi connectivity index (χ2n) is 8.18. The average molecular weight is 445 g/mol. The first-order valence-corrected chi connectivity index (χ1v) is 11.9. The van der Waals surface area contributed by atoms with Crippen molar-refractivity contribution in [3.8, 4) is 22.1 Å². The second-order valence-corrected chi connectivity index (χ2v) is 9.04. The van der Waals surface area contributed by atoms with Crippen molar-refractivity contribution < 1.29 is 14.3 Å². The summed E-state index contributed by atoms with van der Waals surface area (Å²) in [5.74, 6) is 1.73. The van der Waals surface area contributed by atoms with E-state index in [1.807, 2.05) is 23.1 Å². The van der Waals surface area contributed by atoms with Gasteiger partial charge in [-0.05, 0) is 31.4 Å². The molecular formula is C23H32N4O3S. The molecule has 7 nitrogen and oxygen atoms in total. The molecule has 31 heavy (non-hydrogen) atoms. The van der Waals surface area contributed by atoms with Gasteiger partial charge in [0.2, 0.25) is 5.91 Å². The van der Waals surface area contributed by atoms with Crippen molar-refractivity contribution in [3.05, 3.63) is 29.3 Å². The summed E-state index contributed by atoms with van der Waals surface area (Å²) in [6, 6.07) is 5.87. The lowest BCUT2D eigenvalue weighted by Gasteiger charge is -2.35. The highest BCUT2D eigenvalue weighted by atomic mass is 32.1. The number of thiazole rings is 1. The number of methoxy groups -OCH3 is 2. The van der Waals surface area contributed by atoms with E-state index >= 15 is 0 Å². The Hall–Kier alpha value is -2.16. The smallest absolute Gasteiger partial charge is 0.236 e. The van der Waals surface area contributed by atoms with Gasteiger partial charge in [-0.2, -0.15) is 0 Å². The Morgan fingerprint density at radius 2 is 1.74 bits per heavy atom. The van der Waals surface area contributed by atoms with Gasteiger partial charge in [0.15, 0.2) is 11.5 Å². The Morgan fingerprint density at radius 1 is 1.00 bits per heavy atom. The molecule has 4 rings (SSSR count). The number of amides is 1. The van der Waals surface area contributed by atoms with Crippen molar-refractivity contribution in [1.82, 2.24) is 19.7 Å². The van der Waals surface area contributed by atoms with Crippen molar-refractivity contribution in [2.24, 2.45) is 0 Å². The van der Waals surface area contributed by atoms with Crippen molar-refractivity contribution in [2.45, 2.75) is 25.8 Å². The lowest BCUT2D eigenvalue weighted by molar-refractivity contribution is -0.133. The second kappa shape index (κ2) is 10.4. The number of benzene rings is 1. The predicted octanol–water partition coefficient (Wildman–Crippen LogP) is 2.96. The average Bonchev–Trinajstić information content (AvgIpc) is 3.28. The number of carbonyl (C=O) groups is 1. The Morgan fingerprint density at radius 3 is 2.45 bits per heavy atom. The minimum atomic E-state index is 0.296. The van der Waals surface area contributed by atoms with Gasteiger partial charge in [-0.3, -0.25) is 14.6 Å². The summed E-state index contributed by atoms with van der Waals surface area (Å²) in [4.78, 5) is 24.1. The molecule has 1 aromatic carbocycles. The molecule has 1 amide bonds. The number of nitrogens with zero attached hydrogens (tertiary/aromatic N) is 4. The first kappa shape index (κ1) is 22.0. The van der Waals surface area contributed by atoms with E-state index in [1.54, 1.807) is 25.6 Å². The lowest BCUT2D eigenvalue weighted by Crippen LogP contribution is -2.50. The number of rotatable bonds is 7. The summed E-state index contributed by atoms with van der Waals surface area (Å²) in [6.45, 7) is 7.04. The molecule has 2 aliphatic rings. The molecule has 0 radical (unpaired) electrons. The fraction of sp³-hybridized carbons (Fsp3) is 0.565. The summed E-state index contributed by atoms with van der Waals surface area (Å²) in [5.41, 5.74) is 2.03. The van der Waals surface area contributed by atoms with E-state index in [0.29, 0.717) is 18.2 Å². The Bertz CT molecular complexity index is 873. The van der Waals surface area contributed by atoms with Crippen LogP contribution in [0.5, 0.6) is 11.5 Å². The fourth-order valence-corrected chi connectivity index (χ4v) is 5.16. The third kappa shape index (κ3) is 5.37. The molecule has 8 heteroatoms. The summed E-state index contributed by atoms with van der Waals surface area (Å²) in [7, 11) is 3.31. The third-order valence-electron chi connectivity index (χ3n) is 6.10. The number of para-hydroxylation sites is 1. The lowest BCUT2D eigenvalue weighted by atomic mass is 10.1. The van der Waals surface area contributed by atoms with E-state index in [4.69, 9.17) is 14.5 Å². The highest BCUT2D eigenvalue weighted by Crippen LogP contribution is 2.39. The Balaban J connectivity index is 1.30. The zero-order chi connectivity index (χ0) is 21.6. The molecule has 2 fully saturated rings. The highest BCUT2D eigenvalue weighted by Gasteiger charge is 2.23. The highest BCUT2D eigenvalue weighted by molar-refractivity contribution is 7.13. The Kier molecular flexibility index (Phi) is 7.42. The first-order valence-electron chi connectivity index (χ1n) is 11.1. The van der Waals surface area contributed by atoms with E-state index in [0.717, 1.165) is 80.7 Å². The number of carbonyl (C=O) groups excluding carboxylic acids is 1. The molecule has 2 saturated heterocycles. The van der Waals surface area contributed by atoms with Gasteiger partial charge < -0.3 is 14.4 Å². The number of hydrogen-bond donors (Lipinski definition) is 0. The van der Waals surface area contributed by atoms with E-state index in [2.05, 4.69) is 15.2 Å². The quantitative estimate of drug-likeness (QED) is 0.655. The van der Waals surface area contributed by atoms with Gasteiger partial charge in [0.25, 0.3) is 0 Å². The van der Waals surface area contributed by atoms with Crippen LogP contribution < -0.4 is 9.47 Å². The number of piperidine rings is 1. The number of hydrogen-bond acceptors (Lipinski definition) is 7. The summed E-state index contributed by atoms with van der Waals surface area (Å²) < 4.78 is 11.0. The van der Waals surface area contributed by atoms with Gasteiger partial charge in [0, 0.05) is 51.2 Å². The van der Waals surface area contributed by atoms with Crippen molar-refractivity contribution >= 4 is 17.2 Å². The maximum atomic E-state index is 12.5. The molecular weight excluding hydrogens is 412 g/mol. The zero-order valence-corrected chi connectivity index (χ0v) is 19.3. The first-order chi connectivity index (χ1) is 15.2. The van der Waals surface area contributed by atoms with Crippen LogP contribution in [0.25, 0.3) is 10.6 Å². The van der Waals surface area contributed by atoms with Crippen molar-refractivity contribution in [2.75, 3.05) is 60.0 Å². The van der Waals surface area contributed by atoms with Gasteiger partial charge in [0.05, 0.1) is 32.0 Å².